The predicted octanol–water partition coefficient (Wildman–Crippen LogP) is 3.88. The van der Waals surface area contributed by atoms with Crippen molar-refractivity contribution in [3.05, 3.63) is 28.9 Å². The number of halogens is 1. The number of carbonyl (C=O) groups excluding carboxylic acids is 1. The van der Waals surface area contributed by atoms with Crippen molar-refractivity contribution in [2.75, 3.05) is 19.7 Å². The van der Waals surface area contributed by atoms with Gasteiger partial charge in [0.15, 0.2) is 0 Å². The number of carbonyl (C=O) groups is 1. The molecule has 1 aromatic heterocycles. The molecule has 2 fully saturated rings. The lowest BCUT2D eigenvalue weighted by Crippen LogP contribution is -2.37. The Labute approximate surface area is 161 Å². The second kappa shape index (κ2) is 6.37. The molecule has 1 aliphatic heterocycles. The molecule has 1 aliphatic carbocycles. The Morgan fingerprint density at radius 2 is 2.00 bits per heavy atom. The maximum Gasteiger partial charge on any atom is 0.410 e. The molecule has 0 spiro atoms. The Morgan fingerprint density at radius 1 is 1.27 bits per heavy atom. The minimum absolute atomic E-state index is 0.213. The van der Waals surface area contributed by atoms with E-state index in [-0.39, 0.29) is 6.09 Å². The molecule has 26 heavy (non-hydrogen) atoms. The van der Waals surface area contributed by atoms with Crippen LogP contribution in [0.25, 0.3) is 11.0 Å². The van der Waals surface area contributed by atoms with Crippen molar-refractivity contribution in [1.82, 2.24) is 14.9 Å². The molecule has 2 aliphatic rings. The smallest absolute Gasteiger partial charge is 0.410 e. The topological polar surface area (TPSA) is 64.5 Å². The molecule has 4 rings (SSSR count). The van der Waals surface area contributed by atoms with E-state index in [0.29, 0.717) is 30.2 Å². The van der Waals surface area contributed by atoms with E-state index in [2.05, 4.69) is 25.9 Å². The van der Waals surface area contributed by atoms with Crippen LogP contribution in [0.4, 0.5) is 4.79 Å². The number of likely N-dealkylation sites (tertiary alicyclic amines) is 1. The summed E-state index contributed by atoms with van der Waals surface area (Å²) in [5, 5.41) is 0. The lowest BCUT2D eigenvalue weighted by molar-refractivity contribution is 0.0260. The van der Waals surface area contributed by atoms with Gasteiger partial charge in [0, 0.05) is 23.5 Å². The maximum absolute atomic E-state index is 12.1. The number of nitrogens with zero attached hydrogens (tertiary/aromatic N) is 3. The van der Waals surface area contributed by atoms with Crippen LogP contribution in [-0.2, 0) is 4.74 Å². The minimum Gasteiger partial charge on any atom is -0.476 e. The fraction of sp³-hybridized carbons (Fsp3) is 0.526. The first-order valence-corrected chi connectivity index (χ1v) is 9.62. The van der Waals surface area contributed by atoms with Gasteiger partial charge in [0.25, 0.3) is 0 Å². The van der Waals surface area contributed by atoms with E-state index in [1.807, 2.05) is 43.9 Å². The van der Waals surface area contributed by atoms with E-state index in [9.17, 15) is 4.79 Å². The van der Waals surface area contributed by atoms with E-state index >= 15 is 0 Å². The average Bonchev–Trinajstić information content (AvgIpc) is 3.00. The van der Waals surface area contributed by atoms with Crippen molar-refractivity contribution in [2.45, 2.75) is 26.4 Å². The molecule has 1 unspecified atom stereocenters. The number of amides is 1. The van der Waals surface area contributed by atoms with Crippen LogP contribution in [0.5, 0.6) is 5.88 Å². The lowest BCUT2D eigenvalue weighted by Gasteiger charge is -2.25. The Morgan fingerprint density at radius 3 is 2.69 bits per heavy atom. The van der Waals surface area contributed by atoms with Gasteiger partial charge in [-0.2, -0.15) is 0 Å². The molecule has 0 N–H and O–H groups in total. The number of rotatable bonds is 3. The van der Waals surface area contributed by atoms with Crippen LogP contribution in [0.2, 0.25) is 0 Å². The molecule has 0 radical (unpaired) electrons. The molecule has 0 bridgehead atoms. The average molecular weight is 420 g/mol. The Hall–Kier alpha value is -1.89. The third-order valence-corrected chi connectivity index (χ3v) is 5.42. The second-order valence-electron chi connectivity index (χ2n) is 8.03. The molecule has 1 saturated carbocycles. The first-order chi connectivity index (χ1) is 12.3. The van der Waals surface area contributed by atoms with Crippen LogP contribution in [-0.4, -0.2) is 46.3 Å². The highest BCUT2D eigenvalue weighted by atomic mass is 79.9. The third kappa shape index (κ3) is 3.63. The number of aromatic nitrogens is 2. The molecular formula is C19H22BrN3O3. The fourth-order valence-corrected chi connectivity index (χ4v) is 3.94. The van der Waals surface area contributed by atoms with E-state index < -0.39 is 5.60 Å². The Balaban J connectivity index is 1.30. The SMILES string of the molecule is CC(C)(C)OC(=O)N1C[C@@H]2C(COc3cnc4ccc(Br)cc4n3)[C@@H]2C1. The van der Waals surface area contributed by atoms with Gasteiger partial charge in [-0.25, -0.2) is 14.8 Å². The van der Waals surface area contributed by atoms with E-state index in [1.54, 1.807) is 6.20 Å². The number of piperidine rings is 1. The van der Waals surface area contributed by atoms with E-state index in [1.165, 1.54) is 0 Å². The number of hydrogen-bond donors (Lipinski definition) is 0. The van der Waals surface area contributed by atoms with Crippen molar-refractivity contribution < 1.29 is 14.3 Å². The van der Waals surface area contributed by atoms with E-state index in [4.69, 9.17) is 9.47 Å². The van der Waals surface area contributed by atoms with Crippen molar-refractivity contribution in [3.63, 3.8) is 0 Å². The summed E-state index contributed by atoms with van der Waals surface area (Å²) >= 11 is 3.45. The molecule has 1 amide bonds. The highest BCUT2D eigenvalue weighted by molar-refractivity contribution is 9.10. The van der Waals surface area contributed by atoms with Crippen LogP contribution in [0.3, 0.4) is 0 Å². The fourth-order valence-electron chi connectivity index (χ4n) is 3.59. The Bertz CT molecular complexity index is 840. The summed E-state index contributed by atoms with van der Waals surface area (Å²) in [6.07, 6.45) is 1.46. The number of ether oxygens (including phenoxy) is 2. The first-order valence-electron chi connectivity index (χ1n) is 8.83. The zero-order valence-corrected chi connectivity index (χ0v) is 16.7. The normalized spacial score (nSPS) is 24.5. The predicted molar refractivity (Wildman–Crippen MR) is 101 cm³/mol. The van der Waals surface area contributed by atoms with E-state index in [0.717, 1.165) is 28.6 Å². The highest BCUT2D eigenvalue weighted by Gasteiger charge is 2.57. The quantitative estimate of drug-likeness (QED) is 0.754. The highest BCUT2D eigenvalue weighted by Crippen LogP contribution is 2.51. The summed E-state index contributed by atoms with van der Waals surface area (Å²) in [5.41, 5.74) is 1.21. The van der Waals surface area contributed by atoms with Crippen LogP contribution in [0, 0.1) is 17.8 Å². The molecule has 138 valence electrons. The summed E-state index contributed by atoms with van der Waals surface area (Å²) < 4.78 is 12.3. The zero-order valence-electron chi connectivity index (χ0n) is 15.1. The van der Waals surface area contributed by atoms with Crippen molar-refractivity contribution in [2.24, 2.45) is 17.8 Å². The molecule has 2 aromatic rings. The van der Waals surface area contributed by atoms with Gasteiger partial charge in [-0.05, 0) is 50.8 Å². The third-order valence-electron chi connectivity index (χ3n) is 4.93. The number of fused-ring (bicyclic) bond motifs is 2. The summed E-state index contributed by atoms with van der Waals surface area (Å²) in [6, 6.07) is 5.80. The number of benzene rings is 1. The molecule has 1 saturated heterocycles. The summed E-state index contributed by atoms with van der Waals surface area (Å²) in [4.78, 5) is 22.8. The largest absolute Gasteiger partial charge is 0.476 e. The molecule has 1 aromatic carbocycles. The molecule has 6 nitrogen and oxygen atoms in total. The van der Waals surface area contributed by atoms with Gasteiger partial charge in [0.2, 0.25) is 5.88 Å². The summed E-state index contributed by atoms with van der Waals surface area (Å²) in [5.74, 6) is 2.04. The van der Waals surface area contributed by atoms with Gasteiger partial charge in [-0.3, -0.25) is 0 Å². The monoisotopic (exact) mass is 419 g/mol. The van der Waals surface area contributed by atoms with Crippen LogP contribution in [0.1, 0.15) is 20.8 Å². The lowest BCUT2D eigenvalue weighted by atomic mass is 10.2. The van der Waals surface area contributed by atoms with Gasteiger partial charge in [0.1, 0.15) is 5.60 Å². The van der Waals surface area contributed by atoms with Crippen LogP contribution >= 0.6 is 15.9 Å². The summed E-state index contributed by atoms with van der Waals surface area (Å²) in [6.45, 7) is 7.80. The standard InChI is InChI=1S/C19H22BrN3O3/c1-19(2,3)26-18(24)23-8-12-13(9-23)14(12)10-25-17-7-21-15-5-4-11(20)6-16(15)22-17/h4-7,12-14H,8-10H2,1-3H3/t12-,13+,14?. The summed E-state index contributed by atoms with van der Waals surface area (Å²) in [7, 11) is 0. The van der Waals surface area contributed by atoms with Gasteiger partial charge in [-0.1, -0.05) is 15.9 Å². The van der Waals surface area contributed by atoms with Gasteiger partial charge in [-0.15, -0.1) is 0 Å². The Kier molecular flexibility index (Phi) is 4.29. The van der Waals surface area contributed by atoms with Crippen molar-refractivity contribution >= 4 is 33.1 Å². The molecular weight excluding hydrogens is 398 g/mol. The van der Waals surface area contributed by atoms with Crippen LogP contribution in [0.15, 0.2) is 28.9 Å². The molecule has 3 atom stereocenters. The maximum atomic E-state index is 12.1. The molecule has 7 heteroatoms. The van der Waals surface area contributed by atoms with Gasteiger partial charge < -0.3 is 14.4 Å². The minimum atomic E-state index is -0.448. The van der Waals surface area contributed by atoms with Gasteiger partial charge in [0.05, 0.1) is 23.8 Å². The zero-order chi connectivity index (χ0) is 18.5. The van der Waals surface area contributed by atoms with Crippen molar-refractivity contribution in [3.8, 4) is 5.88 Å². The molecule has 2 heterocycles. The van der Waals surface area contributed by atoms with Crippen LogP contribution < -0.4 is 4.74 Å². The van der Waals surface area contributed by atoms with Crippen molar-refractivity contribution in [1.29, 1.82) is 0 Å². The van der Waals surface area contributed by atoms with Gasteiger partial charge >= 0.3 is 6.09 Å². The second-order valence-corrected chi connectivity index (χ2v) is 8.94. The first kappa shape index (κ1) is 17.5. The number of hydrogen-bond acceptors (Lipinski definition) is 5.